The highest BCUT2D eigenvalue weighted by Gasteiger charge is 2.27. The van der Waals surface area contributed by atoms with Gasteiger partial charge in [-0.1, -0.05) is 0 Å². The van der Waals surface area contributed by atoms with Gasteiger partial charge in [-0.05, 0) is 48.9 Å². The Morgan fingerprint density at radius 2 is 2.32 bits per heavy atom. The van der Waals surface area contributed by atoms with Crippen molar-refractivity contribution in [3.05, 3.63) is 22.6 Å². The molecule has 2 atom stereocenters. The first-order valence-corrected chi connectivity index (χ1v) is 7.65. The van der Waals surface area contributed by atoms with Crippen LogP contribution < -0.4 is 0 Å². The van der Waals surface area contributed by atoms with Crippen molar-refractivity contribution in [3.63, 3.8) is 0 Å². The molecule has 0 spiro atoms. The Labute approximate surface area is 125 Å². The summed E-state index contributed by atoms with van der Waals surface area (Å²) < 4.78 is 3.17. The smallest absolute Gasteiger partial charge is 0.160 e. The second-order valence-electron chi connectivity index (χ2n) is 5.16. The second kappa shape index (κ2) is 5.04. The summed E-state index contributed by atoms with van der Waals surface area (Å²) in [5.74, 6) is 0.919. The van der Waals surface area contributed by atoms with Crippen LogP contribution in [0.5, 0.6) is 0 Å². The van der Waals surface area contributed by atoms with Crippen molar-refractivity contribution in [3.8, 4) is 0 Å². The van der Waals surface area contributed by atoms with Crippen LogP contribution in [0, 0.1) is 0 Å². The SMILES string of the molecule is CC(Cl)c1nc2cc(Br)cnc2n1C1CCN(C)C1. The number of hydrogen-bond donors (Lipinski definition) is 0. The summed E-state index contributed by atoms with van der Waals surface area (Å²) in [6.07, 6.45) is 2.94. The van der Waals surface area contributed by atoms with Crippen LogP contribution in [0.25, 0.3) is 11.2 Å². The van der Waals surface area contributed by atoms with Crippen LogP contribution in [0.4, 0.5) is 0 Å². The Balaban J connectivity index is 2.16. The lowest BCUT2D eigenvalue weighted by Gasteiger charge is -2.17. The summed E-state index contributed by atoms with van der Waals surface area (Å²) in [6, 6.07) is 2.42. The van der Waals surface area contributed by atoms with Crippen molar-refractivity contribution in [1.82, 2.24) is 19.4 Å². The van der Waals surface area contributed by atoms with Gasteiger partial charge in [-0.25, -0.2) is 9.97 Å². The van der Waals surface area contributed by atoms with Crippen molar-refractivity contribution >= 4 is 38.7 Å². The zero-order chi connectivity index (χ0) is 13.6. The lowest BCUT2D eigenvalue weighted by Crippen LogP contribution is -2.18. The Kier molecular flexibility index (Phi) is 3.53. The average Bonchev–Trinajstić information content (AvgIpc) is 2.91. The molecule has 2 aromatic heterocycles. The van der Waals surface area contributed by atoms with E-state index in [1.807, 2.05) is 19.2 Å². The standard InChI is InChI=1S/C13H16BrClN4/c1-8(15)12-17-11-5-9(14)6-16-13(11)19(12)10-3-4-18(2)7-10/h5-6,8,10H,3-4,7H2,1-2H3. The average molecular weight is 344 g/mol. The first kappa shape index (κ1) is 13.3. The molecule has 0 aromatic carbocycles. The number of hydrogen-bond acceptors (Lipinski definition) is 3. The summed E-state index contributed by atoms with van der Waals surface area (Å²) in [7, 11) is 2.15. The fourth-order valence-electron chi connectivity index (χ4n) is 2.74. The number of alkyl halides is 1. The van der Waals surface area contributed by atoms with Crippen LogP contribution >= 0.6 is 27.5 Å². The molecule has 102 valence electrons. The molecule has 19 heavy (non-hydrogen) atoms. The molecule has 1 aliphatic rings. The molecule has 1 saturated heterocycles. The molecular formula is C13H16BrClN4. The molecule has 4 nitrogen and oxygen atoms in total. The number of nitrogens with zero attached hydrogens (tertiary/aromatic N) is 4. The van der Waals surface area contributed by atoms with Gasteiger partial charge < -0.3 is 9.47 Å². The number of likely N-dealkylation sites (N-methyl/N-ethyl adjacent to an activating group) is 1. The summed E-state index contributed by atoms with van der Waals surface area (Å²) in [5.41, 5.74) is 1.84. The van der Waals surface area contributed by atoms with Crippen LogP contribution in [0.1, 0.15) is 30.6 Å². The predicted octanol–water partition coefficient (Wildman–Crippen LogP) is 3.37. The molecule has 3 heterocycles. The van der Waals surface area contributed by atoms with Crippen molar-refractivity contribution in [2.24, 2.45) is 0 Å². The quantitative estimate of drug-likeness (QED) is 0.784. The minimum atomic E-state index is -0.112. The zero-order valence-corrected chi connectivity index (χ0v) is 13.3. The third-order valence-electron chi connectivity index (χ3n) is 3.61. The lowest BCUT2D eigenvalue weighted by molar-refractivity contribution is 0.391. The molecule has 0 radical (unpaired) electrons. The highest BCUT2D eigenvalue weighted by atomic mass is 79.9. The van der Waals surface area contributed by atoms with Gasteiger partial charge in [-0.15, -0.1) is 11.6 Å². The predicted molar refractivity (Wildman–Crippen MR) is 80.6 cm³/mol. The molecule has 2 aromatic rings. The molecule has 1 aliphatic heterocycles. The number of pyridine rings is 1. The summed E-state index contributed by atoms with van der Waals surface area (Å²) >= 11 is 9.74. The summed E-state index contributed by atoms with van der Waals surface area (Å²) in [5, 5.41) is -0.112. The molecule has 6 heteroatoms. The molecule has 1 fully saturated rings. The number of imidazole rings is 1. The fraction of sp³-hybridized carbons (Fsp3) is 0.538. The number of fused-ring (bicyclic) bond motifs is 1. The Hall–Kier alpha value is -0.650. The van der Waals surface area contributed by atoms with Crippen LogP contribution in [0.2, 0.25) is 0 Å². The van der Waals surface area contributed by atoms with E-state index in [1.165, 1.54) is 0 Å². The van der Waals surface area contributed by atoms with Gasteiger partial charge in [-0.2, -0.15) is 0 Å². The summed E-state index contributed by atoms with van der Waals surface area (Å²) in [4.78, 5) is 11.5. The molecule has 2 unspecified atom stereocenters. The largest absolute Gasteiger partial charge is 0.307 e. The highest BCUT2D eigenvalue weighted by molar-refractivity contribution is 9.10. The van der Waals surface area contributed by atoms with Crippen molar-refractivity contribution < 1.29 is 0 Å². The monoisotopic (exact) mass is 342 g/mol. The minimum absolute atomic E-state index is 0.112. The van der Waals surface area contributed by atoms with E-state index in [4.69, 9.17) is 11.6 Å². The Bertz CT molecular complexity index is 610. The number of aromatic nitrogens is 3. The van der Waals surface area contributed by atoms with E-state index in [9.17, 15) is 0 Å². The zero-order valence-electron chi connectivity index (χ0n) is 11.0. The third kappa shape index (κ3) is 2.39. The fourth-order valence-corrected chi connectivity index (χ4v) is 3.21. The van der Waals surface area contributed by atoms with Gasteiger partial charge in [0.05, 0.1) is 11.4 Å². The first-order valence-electron chi connectivity index (χ1n) is 6.42. The van der Waals surface area contributed by atoms with E-state index in [1.54, 1.807) is 0 Å². The first-order chi connectivity index (χ1) is 9.06. The Morgan fingerprint density at radius 3 is 2.95 bits per heavy atom. The normalized spacial score (nSPS) is 22.2. The van der Waals surface area contributed by atoms with E-state index in [2.05, 4.69) is 42.4 Å². The van der Waals surface area contributed by atoms with Crippen LogP contribution in [-0.2, 0) is 0 Å². The van der Waals surface area contributed by atoms with E-state index in [-0.39, 0.29) is 5.38 Å². The van der Waals surface area contributed by atoms with Crippen LogP contribution in [0.3, 0.4) is 0 Å². The summed E-state index contributed by atoms with van der Waals surface area (Å²) in [6.45, 7) is 4.10. The van der Waals surface area contributed by atoms with Crippen molar-refractivity contribution in [1.29, 1.82) is 0 Å². The molecule has 0 N–H and O–H groups in total. The third-order valence-corrected chi connectivity index (χ3v) is 4.24. The van der Waals surface area contributed by atoms with Crippen molar-refractivity contribution in [2.75, 3.05) is 20.1 Å². The van der Waals surface area contributed by atoms with Gasteiger partial charge in [0.15, 0.2) is 5.65 Å². The van der Waals surface area contributed by atoms with E-state index in [0.717, 1.165) is 41.0 Å². The van der Waals surface area contributed by atoms with E-state index >= 15 is 0 Å². The van der Waals surface area contributed by atoms with Gasteiger partial charge in [-0.3, -0.25) is 0 Å². The lowest BCUT2D eigenvalue weighted by atomic mass is 10.2. The molecular weight excluding hydrogens is 328 g/mol. The van der Waals surface area contributed by atoms with Gasteiger partial charge in [0.1, 0.15) is 11.3 Å². The van der Waals surface area contributed by atoms with Crippen LogP contribution in [-0.4, -0.2) is 39.6 Å². The second-order valence-corrected chi connectivity index (χ2v) is 6.73. The number of rotatable bonds is 2. The minimum Gasteiger partial charge on any atom is -0.307 e. The van der Waals surface area contributed by atoms with Crippen LogP contribution in [0.15, 0.2) is 16.7 Å². The van der Waals surface area contributed by atoms with Crippen molar-refractivity contribution in [2.45, 2.75) is 24.8 Å². The van der Waals surface area contributed by atoms with E-state index in [0.29, 0.717) is 6.04 Å². The molecule has 0 bridgehead atoms. The van der Waals surface area contributed by atoms with Gasteiger partial charge in [0, 0.05) is 17.2 Å². The molecule has 0 amide bonds. The molecule has 3 rings (SSSR count). The maximum Gasteiger partial charge on any atom is 0.160 e. The van der Waals surface area contributed by atoms with Gasteiger partial charge >= 0.3 is 0 Å². The van der Waals surface area contributed by atoms with Gasteiger partial charge in [0.25, 0.3) is 0 Å². The number of likely N-dealkylation sites (tertiary alicyclic amines) is 1. The van der Waals surface area contributed by atoms with Gasteiger partial charge in [0.2, 0.25) is 0 Å². The maximum atomic E-state index is 6.30. The topological polar surface area (TPSA) is 34.0 Å². The maximum absolute atomic E-state index is 6.30. The van der Waals surface area contributed by atoms with E-state index < -0.39 is 0 Å². The Morgan fingerprint density at radius 1 is 1.53 bits per heavy atom. The molecule has 0 aliphatic carbocycles. The molecule has 0 saturated carbocycles. The highest BCUT2D eigenvalue weighted by Crippen LogP contribution is 2.31. The number of halogens is 2.